The van der Waals surface area contributed by atoms with E-state index in [4.69, 9.17) is 0 Å². The summed E-state index contributed by atoms with van der Waals surface area (Å²) < 4.78 is 37.2. The van der Waals surface area contributed by atoms with Crippen LogP contribution in [0.1, 0.15) is 51.5 Å². The molecule has 2 amide bonds. The lowest BCUT2D eigenvalue weighted by Gasteiger charge is -2.16. The maximum absolute atomic E-state index is 12.6. The van der Waals surface area contributed by atoms with Gasteiger partial charge in [-0.05, 0) is 60.7 Å². The Balaban J connectivity index is 1.52. The van der Waals surface area contributed by atoms with Gasteiger partial charge in [0.1, 0.15) is 0 Å². The Bertz CT molecular complexity index is 1180. The number of carbonyl (C=O) groups is 2. The Hall–Kier alpha value is -3.95. The topological polar surface area (TPSA) is 96.0 Å². The second-order valence-electron chi connectivity index (χ2n) is 7.89. The van der Waals surface area contributed by atoms with Crippen LogP contribution in [0.2, 0.25) is 0 Å². The Morgan fingerprint density at radius 3 is 2.38 bits per heavy atom. The number of aromatic nitrogens is 2. The van der Waals surface area contributed by atoms with E-state index in [0.29, 0.717) is 11.3 Å². The summed E-state index contributed by atoms with van der Waals surface area (Å²) in [7, 11) is 0. The zero-order valence-electron chi connectivity index (χ0n) is 18.0. The number of nitrogens with one attached hydrogen (secondary N) is 3. The van der Waals surface area contributed by atoms with Crippen molar-refractivity contribution in [1.29, 1.82) is 0 Å². The molecule has 7 nitrogen and oxygen atoms in total. The summed E-state index contributed by atoms with van der Waals surface area (Å²) in [6.07, 6.45) is -0.436. The lowest BCUT2D eigenvalue weighted by molar-refractivity contribution is -0.132. The Kier molecular flexibility index (Phi) is 6.76. The molecule has 1 saturated carbocycles. The van der Waals surface area contributed by atoms with E-state index in [0.717, 1.165) is 24.1 Å². The molecule has 0 radical (unpaired) electrons. The number of hydrogen-bond acceptors (Lipinski definition) is 5. The highest BCUT2D eigenvalue weighted by Crippen LogP contribution is 2.44. The molecule has 1 aliphatic rings. The van der Waals surface area contributed by atoms with Crippen LogP contribution in [0.3, 0.4) is 0 Å². The molecule has 1 fully saturated rings. The van der Waals surface area contributed by atoms with Crippen molar-refractivity contribution < 1.29 is 22.8 Å². The summed E-state index contributed by atoms with van der Waals surface area (Å²) >= 11 is 0. The number of benzene rings is 2. The third kappa shape index (κ3) is 6.09. The van der Waals surface area contributed by atoms with Crippen LogP contribution in [0, 0.1) is 0 Å². The molecule has 10 heteroatoms. The second kappa shape index (κ2) is 9.90. The van der Waals surface area contributed by atoms with Crippen molar-refractivity contribution in [2.24, 2.45) is 0 Å². The summed E-state index contributed by atoms with van der Waals surface area (Å²) in [4.78, 5) is 33.1. The summed E-state index contributed by atoms with van der Waals surface area (Å²) in [5, 5.41) is 8.19. The van der Waals surface area contributed by atoms with E-state index in [2.05, 4.69) is 25.9 Å². The number of rotatable bonds is 8. The van der Waals surface area contributed by atoms with Crippen LogP contribution in [0.25, 0.3) is 0 Å². The van der Waals surface area contributed by atoms with E-state index in [-0.39, 0.29) is 23.3 Å². The molecule has 1 heterocycles. The van der Waals surface area contributed by atoms with Crippen LogP contribution in [0.5, 0.6) is 0 Å². The van der Waals surface area contributed by atoms with Gasteiger partial charge in [-0.2, -0.15) is 13.2 Å². The van der Waals surface area contributed by atoms with Gasteiger partial charge in [-0.25, -0.2) is 9.97 Å². The van der Waals surface area contributed by atoms with Crippen molar-refractivity contribution in [3.63, 3.8) is 0 Å². The van der Waals surface area contributed by atoms with E-state index in [1.807, 2.05) is 0 Å². The first-order chi connectivity index (χ1) is 16.3. The number of halogens is 3. The lowest BCUT2D eigenvalue weighted by atomic mass is 10.0. The fourth-order valence-corrected chi connectivity index (χ4v) is 3.44. The smallest absolute Gasteiger partial charge is 0.355 e. The molecule has 34 heavy (non-hydrogen) atoms. The van der Waals surface area contributed by atoms with Crippen LogP contribution >= 0.6 is 0 Å². The first-order valence-corrected chi connectivity index (χ1v) is 10.7. The van der Waals surface area contributed by atoms with Gasteiger partial charge in [-0.1, -0.05) is 12.1 Å². The van der Waals surface area contributed by atoms with Crippen molar-refractivity contribution >= 4 is 29.1 Å². The van der Waals surface area contributed by atoms with Crippen molar-refractivity contribution in [3.8, 4) is 0 Å². The number of para-hydroxylation sites is 1. The predicted molar refractivity (Wildman–Crippen MR) is 121 cm³/mol. The Labute approximate surface area is 193 Å². The molecule has 2 aromatic carbocycles. The van der Waals surface area contributed by atoms with Crippen LogP contribution in [-0.4, -0.2) is 34.5 Å². The fourth-order valence-electron chi connectivity index (χ4n) is 3.44. The summed E-state index contributed by atoms with van der Waals surface area (Å²) in [5.41, 5.74) is 2.79. The van der Waals surface area contributed by atoms with Gasteiger partial charge < -0.3 is 10.6 Å². The molecule has 1 aromatic heterocycles. The van der Waals surface area contributed by atoms with Gasteiger partial charge in [0.25, 0.3) is 11.8 Å². The molecule has 0 bridgehead atoms. The monoisotopic (exact) mass is 469 g/mol. The predicted octanol–water partition coefficient (Wildman–Crippen LogP) is 5.03. The van der Waals surface area contributed by atoms with Crippen molar-refractivity contribution in [3.05, 3.63) is 77.6 Å². The molecule has 3 aromatic rings. The van der Waals surface area contributed by atoms with Gasteiger partial charge in [0.15, 0.2) is 0 Å². The van der Waals surface area contributed by atoms with E-state index >= 15 is 0 Å². The van der Waals surface area contributed by atoms with E-state index in [9.17, 15) is 22.8 Å². The molecular weight excluding hydrogens is 447 g/mol. The zero-order chi connectivity index (χ0) is 24.1. The minimum Gasteiger partial charge on any atom is -0.355 e. The molecule has 3 N–H and O–H groups in total. The Morgan fingerprint density at radius 2 is 1.68 bits per heavy atom. The number of anilines is 3. The average Bonchev–Trinajstić information content (AvgIpc) is 3.65. The van der Waals surface area contributed by atoms with Gasteiger partial charge in [0.05, 0.1) is 17.7 Å². The van der Waals surface area contributed by atoms with Gasteiger partial charge in [-0.3, -0.25) is 14.9 Å². The highest BCUT2D eigenvalue weighted by molar-refractivity contribution is 6.04. The highest BCUT2D eigenvalue weighted by atomic mass is 19.4. The molecule has 0 atom stereocenters. The summed E-state index contributed by atoms with van der Waals surface area (Å²) in [5.74, 6) is -0.465. The van der Waals surface area contributed by atoms with Crippen LogP contribution in [-0.2, 0) is 0 Å². The van der Waals surface area contributed by atoms with Crippen LogP contribution in [0.15, 0.2) is 60.9 Å². The minimum atomic E-state index is -4.34. The summed E-state index contributed by atoms with van der Waals surface area (Å²) in [6.45, 7) is -0.501. The van der Waals surface area contributed by atoms with Crippen molar-refractivity contribution in [1.82, 2.24) is 15.3 Å². The lowest BCUT2D eigenvalue weighted by Crippen LogP contribution is -2.28. The molecule has 0 saturated heterocycles. The number of amides is 2. The molecular formula is C24H22F3N5O2. The van der Waals surface area contributed by atoms with Gasteiger partial charge in [0, 0.05) is 30.2 Å². The van der Waals surface area contributed by atoms with E-state index in [1.165, 1.54) is 12.4 Å². The second-order valence-corrected chi connectivity index (χ2v) is 7.89. The first kappa shape index (κ1) is 23.2. The number of hydrogen-bond donors (Lipinski definition) is 3. The third-order valence-corrected chi connectivity index (χ3v) is 5.26. The van der Waals surface area contributed by atoms with Gasteiger partial charge in [-0.15, -0.1) is 0 Å². The normalized spacial score (nSPS) is 13.3. The van der Waals surface area contributed by atoms with Gasteiger partial charge in [0.2, 0.25) is 5.95 Å². The first-order valence-electron chi connectivity index (χ1n) is 10.7. The molecule has 0 unspecified atom stereocenters. The number of alkyl halides is 3. The van der Waals surface area contributed by atoms with E-state index < -0.39 is 25.0 Å². The standard InChI is InChI=1S/C24H22F3N5O2/c25-24(26,27)10-13-28-22(34)17-4-1-2-5-19(17)31-20-9-8-16(14-18(20)15-6-7-15)21(33)32-23-29-11-3-12-30-23/h1-5,8-9,11-12,14-15,31H,6-7,10,13H2,(H,28,34)(H,29,30,32,33). The minimum absolute atomic E-state index is 0.202. The molecule has 1 aliphatic carbocycles. The van der Waals surface area contributed by atoms with Crippen molar-refractivity contribution in [2.75, 3.05) is 17.2 Å². The highest BCUT2D eigenvalue weighted by Gasteiger charge is 2.28. The van der Waals surface area contributed by atoms with E-state index in [1.54, 1.807) is 48.5 Å². The fraction of sp³-hybridized carbons (Fsp3) is 0.250. The van der Waals surface area contributed by atoms with Crippen molar-refractivity contribution in [2.45, 2.75) is 31.4 Å². The van der Waals surface area contributed by atoms with Gasteiger partial charge >= 0.3 is 6.18 Å². The van der Waals surface area contributed by atoms with Crippen LogP contribution < -0.4 is 16.0 Å². The SMILES string of the molecule is O=C(Nc1ncccn1)c1ccc(Nc2ccccc2C(=O)NCCC(F)(F)F)c(C2CC2)c1. The third-order valence-electron chi connectivity index (χ3n) is 5.26. The number of carbonyl (C=O) groups excluding carboxylic acids is 2. The quantitative estimate of drug-likeness (QED) is 0.430. The molecule has 0 aliphatic heterocycles. The summed E-state index contributed by atoms with van der Waals surface area (Å²) in [6, 6.07) is 13.5. The maximum atomic E-state index is 12.6. The average molecular weight is 469 g/mol. The molecule has 4 rings (SSSR count). The zero-order valence-corrected chi connectivity index (χ0v) is 18.0. The maximum Gasteiger partial charge on any atom is 0.390 e. The molecule has 0 spiro atoms. The largest absolute Gasteiger partial charge is 0.390 e. The Morgan fingerprint density at radius 1 is 0.941 bits per heavy atom. The molecule has 176 valence electrons. The number of nitrogens with zero attached hydrogens (tertiary/aromatic N) is 2. The van der Waals surface area contributed by atoms with Crippen LogP contribution in [0.4, 0.5) is 30.5 Å².